The molecule has 2 rings (SSSR count). The molecule has 4 nitrogen and oxygen atoms in total. The van der Waals surface area contributed by atoms with Crippen molar-refractivity contribution in [3.05, 3.63) is 29.7 Å². The van der Waals surface area contributed by atoms with Crippen LogP contribution in [0.4, 0.5) is 5.69 Å². The van der Waals surface area contributed by atoms with Gasteiger partial charge in [0.05, 0.1) is 18.5 Å². The van der Waals surface area contributed by atoms with Crippen LogP contribution in [0.15, 0.2) is 22.6 Å². The average molecular weight is 232 g/mol. The van der Waals surface area contributed by atoms with Crippen molar-refractivity contribution in [1.29, 1.82) is 0 Å². The fourth-order valence-electron chi connectivity index (χ4n) is 1.75. The van der Waals surface area contributed by atoms with Gasteiger partial charge < -0.3 is 14.9 Å². The predicted octanol–water partition coefficient (Wildman–Crippen LogP) is 2.80. The van der Waals surface area contributed by atoms with Crippen molar-refractivity contribution in [3.8, 4) is 17.2 Å². The van der Waals surface area contributed by atoms with Crippen molar-refractivity contribution in [2.24, 2.45) is 0 Å². The molecule has 0 spiro atoms. The first-order valence-corrected chi connectivity index (χ1v) is 5.56. The van der Waals surface area contributed by atoms with Crippen LogP contribution < -0.4 is 10.5 Å². The summed E-state index contributed by atoms with van der Waals surface area (Å²) in [5, 5.41) is 0. The van der Waals surface area contributed by atoms with E-state index in [2.05, 4.69) is 4.98 Å². The van der Waals surface area contributed by atoms with Crippen molar-refractivity contribution in [1.82, 2.24) is 4.98 Å². The highest BCUT2D eigenvalue weighted by Crippen LogP contribution is 2.29. The Morgan fingerprint density at radius 2 is 2.18 bits per heavy atom. The quantitative estimate of drug-likeness (QED) is 0.826. The number of aromatic nitrogens is 1. The number of benzene rings is 1. The van der Waals surface area contributed by atoms with Crippen LogP contribution in [0, 0.1) is 6.92 Å². The Balaban J connectivity index is 2.42. The van der Waals surface area contributed by atoms with Crippen molar-refractivity contribution >= 4 is 5.69 Å². The van der Waals surface area contributed by atoms with Crippen LogP contribution in [0.3, 0.4) is 0 Å². The number of aryl methyl sites for hydroxylation is 2. The largest absolute Gasteiger partial charge is 0.495 e. The predicted molar refractivity (Wildman–Crippen MR) is 67.0 cm³/mol. The maximum atomic E-state index is 5.85. The highest BCUT2D eigenvalue weighted by atomic mass is 16.5. The summed E-state index contributed by atoms with van der Waals surface area (Å²) in [4.78, 5) is 4.39. The Kier molecular flexibility index (Phi) is 3.04. The number of nitrogen functional groups attached to an aromatic ring is 1. The first-order valence-electron chi connectivity index (χ1n) is 5.56. The summed E-state index contributed by atoms with van der Waals surface area (Å²) < 4.78 is 10.8. The molecule has 0 bridgehead atoms. The maximum absolute atomic E-state index is 5.85. The fraction of sp³-hybridized carbons (Fsp3) is 0.308. The molecule has 1 heterocycles. The number of nitrogens with two attached hydrogens (primary N) is 1. The Labute approximate surface area is 100 Å². The van der Waals surface area contributed by atoms with E-state index in [0.29, 0.717) is 17.3 Å². The van der Waals surface area contributed by atoms with Crippen LogP contribution in [-0.2, 0) is 6.42 Å². The summed E-state index contributed by atoms with van der Waals surface area (Å²) >= 11 is 0. The van der Waals surface area contributed by atoms with E-state index in [4.69, 9.17) is 14.9 Å². The average Bonchev–Trinajstić information content (AvgIpc) is 2.70. The van der Waals surface area contributed by atoms with Crippen LogP contribution in [-0.4, -0.2) is 12.1 Å². The second kappa shape index (κ2) is 4.49. The van der Waals surface area contributed by atoms with Crippen molar-refractivity contribution < 1.29 is 9.15 Å². The molecule has 90 valence electrons. The fourth-order valence-corrected chi connectivity index (χ4v) is 1.75. The van der Waals surface area contributed by atoms with Gasteiger partial charge in [-0.1, -0.05) is 6.92 Å². The molecule has 0 saturated carbocycles. The molecule has 0 saturated heterocycles. The third-order valence-electron chi connectivity index (χ3n) is 2.69. The smallest absolute Gasteiger partial charge is 0.226 e. The summed E-state index contributed by atoms with van der Waals surface area (Å²) in [6.07, 6.45) is 0.838. The number of ether oxygens (including phenoxy) is 1. The number of rotatable bonds is 3. The first kappa shape index (κ1) is 11.5. The van der Waals surface area contributed by atoms with Crippen molar-refractivity contribution in [3.63, 3.8) is 0 Å². The van der Waals surface area contributed by atoms with Crippen molar-refractivity contribution in [2.75, 3.05) is 12.8 Å². The molecule has 4 heteroatoms. The summed E-state index contributed by atoms with van der Waals surface area (Å²) in [5.41, 5.74) is 8.23. The summed E-state index contributed by atoms with van der Waals surface area (Å²) in [5.74, 6) is 2.18. The number of hydrogen-bond acceptors (Lipinski definition) is 4. The third kappa shape index (κ3) is 2.11. The third-order valence-corrected chi connectivity index (χ3v) is 2.69. The minimum absolute atomic E-state index is 0.582. The monoisotopic (exact) mass is 232 g/mol. The van der Waals surface area contributed by atoms with Gasteiger partial charge in [0.25, 0.3) is 0 Å². The molecule has 0 aliphatic carbocycles. The Morgan fingerprint density at radius 3 is 2.71 bits per heavy atom. The Hall–Kier alpha value is -1.97. The van der Waals surface area contributed by atoms with Gasteiger partial charge in [-0.15, -0.1) is 0 Å². The molecule has 17 heavy (non-hydrogen) atoms. The molecule has 2 aromatic rings. The minimum Gasteiger partial charge on any atom is -0.495 e. The van der Waals surface area contributed by atoms with E-state index in [9.17, 15) is 0 Å². The number of methoxy groups -OCH3 is 1. The van der Waals surface area contributed by atoms with Gasteiger partial charge in [-0.05, 0) is 25.1 Å². The highest BCUT2D eigenvalue weighted by molar-refractivity contribution is 5.65. The number of anilines is 1. The zero-order valence-corrected chi connectivity index (χ0v) is 10.3. The molecule has 0 atom stereocenters. The van der Waals surface area contributed by atoms with Crippen LogP contribution in [0.5, 0.6) is 5.75 Å². The standard InChI is InChI=1S/C13H16N2O2/c1-4-11-8(2)15-13(17-11)9-5-6-12(16-3)10(14)7-9/h5-7H,4,14H2,1-3H3. The minimum atomic E-state index is 0.582. The number of nitrogens with zero attached hydrogens (tertiary/aromatic N) is 1. The lowest BCUT2D eigenvalue weighted by molar-refractivity contribution is 0.417. The van der Waals surface area contributed by atoms with E-state index in [1.807, 2.05) is 32.0 Å². The van der Waals surface area contributed by atoms with Gasteiger partial charge in [0.1, 0.15) is 11.5 Å². The summed E-state index contributed by atoms with van der Waals surface area (Å²) in [6, 6.07) is 5.51. The lowest BCUT2D eigenvalue weighted by atomic mass is 10.2. The maximum Gasteiger partial charge on any atom is 0.226 e. The zero-order chi connectivity index (χ0) is 12.4. The topological polar surface area (TPSA) is 61.3 Å². The molecular formula is C13H16N2O2. The van der Waals surface area contributed by atoms with Gasteiger partial charge in [-0.3, -0.25) is 0 Å². The Bertz CT molecular complexity index is 532. The summed E-state index contributed by atoms with van der Waals surface area (Å²) in [6.45, 7) is 3.98. The second-order valence-corrected chi connectivity index (χ2v) is 3.84. The van der Waals surface area contributed by atoms with Crippen LogP contribution in [0.1, 0.15) is 18.4 Å². The van der Waals surface area contributed by atoms with Gasteiger partial charge >= 0.3 is 0 Å². The molecule has 0 aliphatic heterocycles. The van der Waals surface area contributed by atoms with E-state index >= 15 is 0 Å². The van der Waals surface area contributed by atoms with Crippen LogP contribution in [0.2, 0.25) is 0 Å². The second-order valence-electron chi connectivity index (χ2n) is 3.84. The van der Waals surface area contributed by atoms with E-state index in [0.717, 1.165) is 23.4 Å². The molecule has 0 fully saturated rings. The number of hydrogen-bond donors (Lipinski definition) is 1. The molecule has 1 aromatic heterocycles. The number of oxazole rings is 1. The molecule has 0 unspecified atom stereocenters. The molecule has 0 aliphatic rings. The SMILES string of the molecule is CCc1oc(-c2ccc(OC)c(N)c2)nc1C. The summed E-state index contributed by atoms with van der Waals surface area (Å²) in [7, 11) is 1.59. The van der Waals surface area contributed by atoms with Crippen LogP contribution >= 0.6 is 0 Å². The van der Waals surface area contributed by atoms with Gasteiger partial charge in [0.15, 0.2) is 0 Å². The van der Waals surface area contributed by atoms with Crippen LogP contribution in [0.25, 0.3) is 11.5 Å². The molecular weight excluding hydrogens is 216 g/mol. The van der Waals surface area contributed by atoms with E-state index in [-0.39, 0.29) is 0 Å². The van der Waals surface area contributed by atoms with Crippen molar-refractivity contribution in [2.45, 2.75) is 20.3 Å². The zero-order valence-electron chi connectivity index (χ0n) is 10.3. The lowest BCUT2D eigenvalue weighted by Crippen LogP contribution is -1.92. The highest BCUT2D eigenvalue weighted by Gasteiger charge is 2.11. The molecule has 2 N–H and O–H groups in total. The Morgan fingerprint density at radius 1 is 1.41 bits per heavy atom. The normalized spacial score (nSPS) is 10.5. The van der Waals surface area contributed by atoms with E-state index < -0.39 is 0 Å². The van der Waals surface area contributed by atoms with E-state index in [1.54, 1.807) is 7.11 Å². The lowest BCUT2D eigenvalue weighted by Gasteiger charge is -2.04. The molecule has 0 amide bonds. The molecule has 1 aromatic carbocycles. The molecule has 0 radical (unpaired) electrons. The van der Waals surface area contributed by atoms with Gasteiger partial charge in [-0.25, -0.2) is 4.98 Å². The van der Waals surface area contributed by atoms with Gasteiger partial charge in [0.2, 0.25) is 5.89 Å². The van der Waals surface area contributed by atoms with Gasteiger partial charge in [-0.2, -0.15) is 0 Å². The van der Waals surface area contributed by atoms with E-state index in [1.165, 1.54) is 0 Å². The first-order chi connectivity index (χ1) is 8.15. The van der Waals surface area contributed by atoms with Gasteiger partial charge in [0, 0.05) is 12.0 Å².